The van der Waals surface area contributed by atoms with Gasteiger partial charge in [0, 0.05) is 48.5 Å². The molecule has 0 fully saturated rings. The number of para-hydroxylation sites is 1. The SMILES string of the molecule is C/C=C\c1c(CC)sc2ccc(N(c3ccccc3)c3ccc(-n4c5cc(-c6ccccc6)ccc5c5ccc(-c6ccccc6)cc54)cc3)cc12. The van der Waals surface area contributed by atoms with Gasteiger partial charge in [-0.25, -0.2) is 0 Å². The van der Waals surface area contributed by atoms with E-state index in [1.54, 1.807) is 0 Å². The van der Waals surface area contributed by atoms with E-state index in [2.05, 4.69) is 205 Å². The lowest BCUT2D eigenvalue weighted by atomic mass is 10.0. The van der Waals surface area contributed by atoms with Crippen molar-refractivity contribution in [1.29, 1.82) is 0 Å². The third-order valence-electron chi connectivity index (χ3n) is 10.1. The first kappa shape index (κ1) is 31.8. The topological polar surface area (TPSA) is 8.17 Å². The fourth-order valence-electron chi connectivity index (χ4n) is 7.60. The van der Waals surface area contributed by atoms with E-state index in [0.29, 0.717) is 0 Å². The molecule has 0 spiro atoms. The van der Waals surface area contributed by atoms with Gasteiger partial charge in [0.2, 0.25) is 0 Å². The fourth-order valence-corrected chi connectivity index (χ4v) is 8.71. The van der Waals surface area contributed by atoms with Crippen LogP contribution in [0.3, 0.4) is 0 Å². The molecule has 2 aromatic heterocycles. The van der Waals surface area contributed by atoms with E-state index in [0.717, 1.165) is 29.2 Å². The van der Waals surface area contributed by atoms with Crippen LogP contribution in [0.5, 0.6) is 0 Å². The molecule has 9 aromatic rings. The van der Waals surface area contributed by atoms with Gasteiger partial charge < -0.3 is 9.47 Å². The monoisotopic (exact) mass is 686 g/mol. The van der Waals surface area contributed by atoms with Gasteiger partial charge in [0.25, 0.3) is 0 Å². The van der Waals surface area contributed by atoms with Crippen LogP contribution in [0.15, 0.2) is 176 Å². The Hall–Kier alpha value is -6.16. The number of nitrogens with zero attached hydrogens (tertiary/aromatic N) is 2. The molecule has 7 aromatic carbocycles. The summed E-state index contributed by atoms with van der Waals surface area (Å²) in [6, 6.07) is 61.8. The normalized spacial score (nSPS) is 11.7. The molecule has 0 bridgehead atoms. The molecule has 9 rings (SSSR count). The number of allylic oxidation sites excluding steroid dienone is 1. The van der Waals surface area contributed by atoms with Crippen molar-refractivity contribution in [3.05, 3.63) is 186 Å². The first-order valence-electron chi connectivity index (χ1n) is 18.0. The fraction of sp³-hybridized carbons (Fsp3) is 0.0612. The van der Waals surface area contributed by atoms with Gasteiger partial charge in [0.1, 0.15) is 0 Å². The van der Waals surface area contributed by atoms with Crippen molar-refractivity contribution < 1.29 is 0 Å². The lowest BCUT2D eigenvalue weighted by molar-refractivity contribution is 1.17. The smallest absolute Gasteiger partial charge is 0.0547 e. The van der Waals surface area contributed by atoms with E-state index >= 15 is 0 Å². The summed E-state index contributed by atoms with van der Waals surface area (Å²) in [6.07, 6.45) is 5.45. The zero-order chi connectivity index (χ0) is 35.0. The number of fused-ring (bicyclic) bond motifs is 4. The molecule has 2 heterocycles. The summed E-state index contributed by atoms with van der Waals surface area (Å²) < 4.78 is 3.76. The van der Waals surface area contributed by atoms with Crippen molar-refractivity contribution in [3.63, 3.8) is 0 Å². The Labute approximate surface area is 309 Å². The Bertz CT molecular complexity index is 2600. The molecule has 250 valence electrons. The second-order valence-electron chi connectivity index (χ2n) is 13.2. The molecule has 3 heteroatoms. The molecular weight excluding hydrogens is 649 g/mol. The molecule has 0 unspecified atom stereocenters. The third-order valence-corrected chi connectivity index (χ3v) is 11.4. The summed E-state index contributed by atoms with van der Waals surface area (Å²) in [5.41, 5.74) is 13.1. The second-order valence-corrected chi connectivity index (χ2v) is 14.3. The zero-order valence-corrected chi connectivity index (χ0v) is 30.1. The number of hydrogen-bond donors (Lipinski definition) is 0. The van der Waals surface area contributed by atoms with Gasteiger partial charge in [0.05, 0.1) is 11.0 Å². The first-order chi connectivity index (χ1) is 25.7. The summed E-state index contributed by atoms with van der Waals surface area (Å²) in [5, 5.41) is 3.80. The highest BCUT2D eigenvalue weighted by Gasteiger charge is 2.18. The predicted molar refractivity (Wildman–Crippen MR) is 226 cm³/mol. The predicted octanol–water partition coefficient (Wildman–Crippen LogP) is 14.4. The molecule has 0 atom stereocenters. The molecule has 0 radical (unpaired) electrons. The van der Waals surface area contributed by atoms with E-state index in [1.165, 1.54) is 64.6 Å². The molecule has 2 nitrogen and oxygen atoms in total. The first-order valence-corrected chi connectivity index (χ1v) is 18.8. The molecule has 0 saturated heterocycles. The average Bonchev–Trinajstić information content (AvgIpc) is 3.73. The molecule has 0 aliphatic carbocycles. The van der Waals surface area contributed by atoms with Crippen LogP contribution in [0.25, 0.3) is 65.9 Å². The van der Waals surface area contributed by atoms with Crippen LogP contribution in [-0.2, 0) is 6.42 Å². The maximum absolute atomic E-state index is 2.44. The number of rotatable bonds is 8. The molecule has 52 heavy (non-hydrogen) atoms. The Morgan fingerprint density at radius 1 is 0.519 bits per heavy atom. The largest absolute Gasteiger partial charge is 0.310 e. The summed E-state index contributed by atoms with van der Waals surface area (Å²) in [6.45, 7) is 4.35. The molecule has 0 aliphatic heterocycles. The number of aryl methyl sites for hydroxylation is 1. The van der Waals surface area contributed by atoms with Crippen LogP contribution < -0.4 is 4.90 Å². The minimum Gasteiger partial charge on any atom is -0.310 e. The van der Waals surface area contributed by atoms with Gasteiger partial charge in [-0.15, -0.1) is 11.3 Å². The van der Waals surface area contributed by atoms with Crippen molar-refractivity contribution in [3.8, 4) is 27.9 Å². The van der Waals surface area contributed by atoms with Gasteiger partial charge in [-0.05, 0) is 108 Å². The van der Waals surface area contributed by atoms with Crippen LogP contribution in [0.2, 0.25) is 0 Å². The van der Waals surface area contributed by atoms with Crippen LogP contribution in [0, 0.1) is 0 Å². The molecule has 0 saturated carbocycles. The standard InChI is InChI=1S/C49H38N2S/c1-3-14-44-45-33-41(27-30-49(45)52-48(44)4-2)50(38-19-12-7-13-20-38)39-23-25-40(26-24-39)51-46-31-36(34-15-8-5-9-16-34)21-28-42(46)43-29-22-37(32-47(43)51)35-17-10-6-11-18-35/h3,5-33H,4H2,1-2H3/b14-3-. The zero-order valence-electron chi connectivity index (χ0n) is 29.3. The highest BCUT2D eigenvalue weighted by atomic mass is 32.1. The lowest BCUT2D eigenvalue weighted by Gasteiger charge is -2.26. The average molecular weight is 687 g/mol. The number of thiophene rings is 1. The molecule has 0 amide bonds. The number of benzene rings is 7. The van der Waals surface area contributed by atoms with E-state index in [-0.39, 0.29) is 0 Å². The Morgan fingerprint density at radius 3 is 1.62 bits per heavy atom. The van der Waals surface area contributed by atoms with E-state index < -0.39 is 0 Å². The number of anilines is 3. The summed E-state index contributed by atoms with van der Waals surface area (Å²) >= 11 is 1.90. The molecule has 0 aliphatic rings. The minimum atomic E-state index is 1.03. The van der Waals surface area contributed by atoms with Gasteiger partial charge in [0.15, 0.2) is 0 Å². The van der Waals surface area contributed by atoms with Crippen LogP contribution >= 0.6 is 11.3 Å². The Morgan fingerprint density at radius 2 is 1.06 bits per heavy atom. The minimum absolute atomic E-state index is 1.03. The maximum Gasteiger partial charge on any atom is 0.0547 e. The maximum atomic E-state index is 2.44. The Balaban J connectivity index is 1.22. The summed E-state index contributed by atoms with van der Waals surface area (Å²) in [5.74, 6) is 0. The lowest BCUT2D eigenvalue weighted by Crippen LogP contribution is -2.10. The van der Waals surface area contributed by atoms with Crippen LogP contribution in [0.1, 0.15) is 24.3 Å². The Kier molecular flexibility index (Phi) is 8.27. The second kappa shape index (κ2) is 13.5. The number of hydrogen-bond acceptors (Lipinski definition) is 2. The van der Waals surface area contributed by atoms with Crippen molar-refractivity contribution >= 4 is 66.4 Å². The quantitative estimate of drug-likeness (QED) is 0.154. The van der Waals surface area contributed by atoms with Crippen molar-refractivity contribution in [2.24, 2.45) is 0 Å². The highest BCUT2D eigenvalue weighted by Crippen LogP contribution is 2.42. The van der Waals surface area contributed by atoms with Crippen LogP contribution in [0.4, 0.5) is 17.1 Å². The van der Waals surface area contributed by atoms with E-state index in [1.807, 2.05) is 11.3 Å². The summed E-state index contributed by atoms with van der Waals surface area (Å²) in [7, 11) is 0. The van der Waals surface area contributed by atoms with Crippen molar-refractivity contribution in [2.45, 2.75) is 20.3 Å². The van der Waals surface area contributed by atoms with Crippen LogP contribution in [-0.4, -0.2) is 4.57 Å². The van der Waals surface area contributed by atoms with Gasteiger partial charge in [-0.2, -0.15) is 0 Å². The van der Waals surface area contributed by atoms with Crippen molar-refractivity contribution in [2.75, 3.05) is 4.90 Å². The van der Waals surface area contributed by atoms with E-state index in [9.17, 15) is 0 Å². The molecule has 0 N–H and O–H groups in total. The highest BCUT2D eigenvalue weighted by molar-refractivity contribution is 7.19. The van der Waals surface area contributed by atoms with Crippen molar-refractivity contribution in [1.82, 2.24) is 4.57 Å². The van der Waals surface area contributed by atoms with Gasteiger partial charge in [-0.3, -0.25) is 0 Å². The molecular formula is C49H38N2S. The van der Waals surface area contributed by atoms with E-state index in [4.69, 9.17) is 0 Å². The number of aromatic nitrogens is 1. The van der Waals surface area contributed by atoms with Gasteiger partial charge >= 0.3 is 0 Å². The third kappa shape index (κ3) is 5.60. The summed E-state index contributed by atoms with van der Waals surface area (Å²) in [4.78, 5) is 3.80. The van der Waals surface area contributed by atoms with Gasteiger partial charge in [-0.1, -0.05) is 122 Å².